The van der Waals surface area contributed by atoms with Gasteiger partial charge in [-0.15, -0.1) is 24.8 Å². The van der Waals surface area contributed by atoms with Crippen molar-refractivity contribution in [1.29, 1.82) is 0 Å². The van der Waals surface area contributed by atoms with Crippen LogP contribution in [0.4, 0.5) is 0 Å². The molecule has 2 aliphatic heterocycles. The number of rotatable bonds is 3. The predicted octanol–water partition coefficient (Wildman–Crippen LogP) is 3.44. The van der Waals surface area contributed by atoms with Crippen molar-refractivity contribution >= 4 is 24.8 Å². The standard InChI is InChI=1S/C18H26N2O2.2ClH/c1-2-4-14(3-1)18(20-9-7-19-8-10-20)15-5-6-16-17(13-15)22-12-11-21-16;;/h5-6,13-14,18-19H,1-4,7-12H2;2*1H/t18-;;/m0../s1. The second-order valence-corrected chi connectivity index (χ2v) is 6.68. The molecule has 136 valence electrons. The highest BCUT2D eigenvalue weighted by Gasteiger charge is 2.32. The summed E-state index contributed by atoms with van der Waals surface area (Å²) in [5.74, 6) is 2.63. The van der Waals surface area contributed by atoms with E-state index >= 15 is 0 Å². The summed E-state index contributed by atoms with van der Waals surface area (Å²) < 4.78 is 11.5. The molecule has 1 aromatic rings. The Morgan fingerprint density at radius 1 is 0.958 bits per heavy atom. The van der Waals surface area contributed by atoms with Crippen LogP contribution >= 0.6 is 24.8 Å². The summed E-state index contributed by atoms with van der Waals surface area (Å²) in [4.78, 5) is 2.68. The molecule has 2 fully saturated rings. The van der Waals surface area contributed by atoms with Gasteiger partial charge in [0.15, 0.2) is 11.5 Å². The van der Waals surface area contributed by atoms with Crippen molar-refractivity contribution in [2.75, 3.05) is 39.4 Å². The molecule has 24 heavy (non-hydrogen) atoms. The first-order valence-corrected chi connectivity index (χ1v) is 8.76. The lowest BCUT2D eigenvalue weighted by Crippen LogP contribution is -2.46. The number of ether oxygens (including phenoxy) is 2. The van der Waals surface area contributed by atoms with Crippen LogP contribution in [0.1, 0.15) is 37.3 Å². The number of nitrogens with one attached hydrogen (secondary N) is 1. The van der Waals surface area contributed by atoms with Gasteiger partial charge in [0.25, 0.3) is 0 Å². The van der Waals surface area contributed by atoms with Gasteiger partial charge in [0.2, 0.25) is 0 Å². The Labute approximate surface area is 157 Å². The zero-order valence-corrected chi connectivity index (χ0v) is 15.7. The molecule has 4 rings (SSSR count). The van der Waals surface area contributed by atoms with E-state index in [2.05, 4.69) is 28.4 Å². The average Bonchev–Trinajstić information content (AvgIpc) is 3.10. The molecule has 0 amide bonds. The zero-order valence-electron chi connectivity index (χ0n) is 14.0. The Morgan fingerprint density at radius 2 is 1.62 bits per heavy atom. The summed E-state index contributed by atoms with van der Waals surface area (Å²) in [6.45, 7) is 5.83. The molecular formula is C18H28Cl2N2O2. The van der Waals surface area contributed by atoms with E-state index in [-0.39, 0.29) is 24.8 Å². The normalized spacial score (nSPS) is 22.3. The Hall–Kier alpha value is -0.680. The SMILES string of the molecule is Cl.Cl.c1cc2c(cc1[C@H](C1CCCC1)N1CCNCC1)OCCO2. The molecule has 0 spiro atoms. The van der Waals surface area contributed by atoms with Crippen LogP contribution in [0.25, 0.3) is 0 Å². The topological polar surface area (TPSA) is 33.7 Å². The van der Waals surface area contributed by atoms with Crippen molar-refractivity contribution in [3.63, 3.8) is 0 Å². The number of halogens is 2. The highest BCUT2D eigenvalue weighted by Crippen LogP contribution is 2.42. The quantitative estimate of drug-likeness (QED) is 0.878. The number of fused-ring (bicyclic) bond motifs is 1. The van der Waals surface area contributed by atoms with E-state index in [1.54, 1.807) is 0 Å². The largest absolute Gasteiger partial charge is 0.486 e. The fourth-order valence-corrected chi connectivity index (χ4v) is 4.26. The van der Waals surface area contributed by atoms with Gasteiger partial charge < -0.3 is 14.8 Å². The third-order valence-electron chi connectivity index (χ3n) is 5.30. The van der Waals surface area contributed by atoms with Gasteiger partial charge in [0.1, 0.15) is 13.2 Å². The number of hydrogen-bond acceptors (Lipinski definition) is 4. The molecule has 1 aromatic carbocycles. The van der Waals surface area contributed by atoms with Crippen LogP contribution < -0.4 is 14.8 Å². The molecule has 6 heteroatoms. The van der Waals surface area contributed by atoms with Gasteiger partial charge in [0.05, 0.1) is 0 Å². The lowest BCUT2D eigenvalue weighted by Gasteiger charge is -2.39. The molecule has 1 saturated carbocycles. The molecule has 3 aliphatic rings. The molecular weight excluding hydrogens is 347 g/mol. The van der Waals surface area contributed by atoms with Crippen LogP contribution in [-0.2, 0) is 0 Å². The summed E-state index contributed by atoms with van der Waals surface area (Å²) >= 11 is 0. The predicted molar refractivity (Wildman–Crippen MR) is 101 cm³/mol. The van der Waals surface area contributed by atoms with E-state index in [1.165, 1.54) is 31.2 Å². The molecule has 0 bridgehead atoms. The lowest BCUT2D eigenvalue weighted by molar-refractivity contribution is 0.124. The first-order valence-electron chi connectivity index (χ1n) is 8.76. The van der Waals surface area contributed by atoms with Crippen molar-refractivity contribution < 1.29 is 9.47 Å². The molecule has 1 aliphatic carbocycles. The maximum Gasteiger partial charge on any atom is 0.161 e. The Kier molecular flexibility index (Phi) is 7.48. The number of piperazine rings is 1. The van der Waals surface area contributed by atoms with Crippen molar-refractivity contribution in [3.05, 3.63) is 23.8 Å². The van der Waals surface area contributed by atoms with E-state index in [0.717, 1.165) is 43.6 Å². The summed E-state index contributed by atoms with van der Waals surface area (Å²) in [7, 11) is 0. The number of hydrogen-bond donors (Lipinski definition) is 1. The molecule has 0 radical (unpaired) electrons. The Morgan fingerprint density at radius 3 is 2.33 bits per heavy atom. The minimum atomic E-state index is 0. The van der Waals surface area contributed by atoms with E-state index < -0.39 is 0 Å². The number of benzene rings is 1. The lowest BCUT2D eigenvalue weighted by atomic mass is 9.89. The summed E-state index contributed by atoms with van der Waals surface area (Å²) in [6.07, 6.45) is 5.50. The minimum absolute atomic E-state index is 0. The Balaban J connectivity index is 0.00000104. The van der Waals surface area contributed by atoms with Gasteiger partial charge in [-0.2, -0.15) is 0 Å². The maximum atomic E-state index is 5.81. The van der Waals surface area contributed by atoms with Crippen molar-refractivity contribution in [2.45, 2.75) is 31.7 Å². The molecule has 1 atom stereocenters. The third-order valence-corrected chi connectivity index (χ3v) is 5.30. The van der Waals surface area contributed by atoms with Crippen molar-refractivity contribution in [2.24, 2.45) is 5.92 Å². The highest BCUT2D eigenvalue weighted by atomic mass is 35.5. The molecule has 4 nitrogen and oxygen atoms in total. The van der Waals surface area contributed by atoms with E-state index in [4.69, 9.17) is 9.47 Å². The molecule has 1 saturated heterocycles. The van der Waals surface area contributed by atoms with E-state index in [1.807, 2.05) is 0 Å². The van der Waals surface area contributed by atoms with Gasteiger partial charge in [-0.3, -0.25) is 4.90 Å². The Bertz CT molecular complexity index is 518. The second-order valence-electron chi connectivity index (χ2n) is 6.68. The van der Waals surface area contributed by atoms with Gasteiger partial charge in [-0.05, 0) is 36.5 Å². The fraction of sp³-hybridized carbons (Fsp3) is 0.667. The summed E-state index contributed by atoms with van der Waals surface area (Å²) in [5, 5.41) is 3.48. The molecule has 0 unspecified atom stereocenters. The van der Waals surface area contributed by atoms with Crippen LogP contribution in [0, 0.1) is 5.92 Å². The average molecular weight is 375 g/mol. The maximum absolute atomic E-state index is 5.81. The van der Waals surface area contributed by atoms with Gasteiger partial charge in [-0.1, -0.05) is 18.9 Å². The smallest absolute Gasteiger partial charge is 0.161 e. The van der Waals surface area contributed by atoms with Crippen molar-refractivity contribution in [3.8, 4) is 11.5 Å². The monoisotopic (exact) mass is 374 g/mol. The van der Waals surface area contributed by atoms with Gasteiger partial charge in [-0.25, -0.2) is 0 Å². The summed E-state index contributed by atoms with van der Waals surface area (Å²) in [5.41, 5.74) is 1.41. The van der Waals surface area contributed by atoms with Crippen LogP contribution in [0.3, 0.4) is 0 Å². The fourth-order valence-electron chi connectivity index (χ4n) is 4.26. The van der Waals surface area contributed by atoms with Crippen LogP contribution in [0.2, 0.25) is 0 Å². The molecule has 0 aromatic heterocycles. The van der Waals surface area contributed by atoms with Crippen LogP contribution in [0.15, 0.2) is 18.2 Å². The van der Waals surface area contributed by atoms with Gasteiger partial charge in [0, 0.05) is 32.2 Å². The van der Waals surface area contributed by atoms with Crippen molar-refractivity contribution in [1.82, 2.24) is 10.2 Å². The first-order chi connectivity index (χ1) is 10.9. The van der Waals surface area contributed by atoms with Crippen LogP contribution in [-0.4, -0.2) is 44.3 Å². The van der Waals surface area contributed by atoms with E-state index in [0.29, 0.717) is 19.3 Å². The van der Waals surface area contributed by atoms with Gasteiger partial charge >= 0.3 is 0 Å². The highest BCUT2D eigenvalue weighted by molar-refractivity contribution is 5.85. The number of nitrogens with zero attached hydrogens (tertiary/aromatic N) is 1. The minimum Gasteiger partial charge on any atom is -0.486 e. The van der Waals surface area contributed by atoms with E-state index in [9.17, 15) is 0 Å². The molecule has 1 N–H and O–H groups in total. The zero-order chi connectivity index (χ0) is 14.8. The third kappa shape index (κ3) is 4.10. The van der Waals surface area contributed by atoms with Crippen LogP contribution in [0.5, 0.6) is 11.5 Å². The second kappa shape index (κ2) is 9.14. The summed E-state index contributed by atoms with van der Waals surface area (Å²) in [6, 6.07) is 7.15. The molecule has 2 heterocycles. The first kappa shape index (κ1) is 19.6.